The maximum absolute atomic E-state index is 12.8. The van der Waals surface area contributed by atoms with E-state index in [4.69, 9.17) is 9.47 Å². The largest absolute Gasteiger partial charge is 0.459 e. The van der Waals surface area contributed by atoms with Crippen molar-refractivity contribution in [3.63, 3.8) is 0 Å². The van der Waals surface area contributed by atoms with Crippen LogP contribution in [0.15, 0.2) is 85.1 Å². The number of carbonyl (C=O) groups excluding carboxylic acids is 3. The zero-order valence-corrected chi connectivity index (χ0v) is 19.5. The van der Waals surface area contributed by atoms with Gasteiger partial charge < -0.3 is 20.1 Å². The van der Waals surface area contributed by atoms with Crippen LogP contribution >= 0.6 is 11.3 Å². The zero-order chi connectivity index (χ0) is 24.5. The number of amides is 2. The molecule has 1 atom stereocenters. The minimum atomic E-state index is -1.14. The maximum Gasteiger partial charge on any atom is 0.408 e. The van der Waals surface area contributed by atoms with Crippen molar-refractivity contribution in [2.75, 3.05) is 6.54 Å². The summed E-state index contributed by atoms with van der Waals surface area (Å²) in [6, 6.07) is 22.5. The second kappa shape index (κ2) is 11.8. The second-order valence-electron chi connectivity index (χ2n) is 7.56. The molecule has 35 heavy (non-hydrogen) atoms. The normalized spacial score (nSPS) is 11.4. The molecule has 2 aromatic carbocycles. The lowest BCUT2D eigenvalue weighted by Crippen LogP contribution is -2.49. The summed E-state index contributed by atoms with van der Waals surface area (Å²) in [6.07, 6.45) is 0.858. The third-order valence-electron chi connectivity index (χ3n) is 4.99. The lowest BCUT2D eigenvalue weighted by molar-refractivity contribution is -0.147. The Morgan fingerprint density at radius 3 is 2.17 bits per heavy atom. The van der Waals surface area contributed by atoms with Gasteiger partial charge in [-0.2, -0.15) is 0 Å². The smallest absolute Gasteiger partial charge is 0.408 e. The molecule has 9 heteroatoms. The average molecular weight is 490 g/mol. The van der Waals surface area contributed by atoms with E-state index in [-0.39, 0.29) is 25.7 Å². The first-order valence-corrected chi connectivity index (χ1v) is 11.7. The Hall–Kier alpha value is -4.24. The van der Waals surface area contributed by atoms with Crippen LogP contribution in [0.4, 0.5) is 4.79 Å². The highest BCUT2D eigenvalue weighted by Gasteiger charge is 2.25. The van der Waals surface area contributed by atoms with Gasteiger partial charge in [-0.1, -0.05) is 60.7 Å². The highest BCUT2D eigenvalue weighted by Crippen LogP contribution is 2.23. The third kappa shape index (κ3) is 6.87. The fourth-order valence-corrected chi connectivity index (χ4v) is 4.13. The van der Waals surface area contributed by atoms with Crippen LogP contribution in [0.2, 0.25) is 0 Å². The van der Waals surface area contributed by atoms with Crippen LogP contribution in [0.3, 0.4) is 0 Å². The fourth-order valence-electron chi connectivity index (χ4n) is 3.19. The number of aromatic nitrogens is 1. The van der Waals surface area contributed by atoms with Gasteiger partial charge in [0.2, 0.25) is 0 Å². The number of pyridine rings is 1. The SMILES string of the molecule is O=C(N[C@H](CNC(=O)c1cc2ncccc2s1)C(=O)OCc1ccccc1)OCc1ccccc1. The van der Waals surface area contributed by atoms with E-state index >= 15 is 0 Å². The van der Waals surface area contributed by atoms with Crippen molar-refractivity contribution < 1.29 is 23.9 Å². The first-order valence-electron chi connectivity index (χ1n) is 10.9. The average Bonchev–Trinajstić information content (AvgIpc) is 3.34. The fraction of sp³-hybridized carbons (Fsp3) is 0.154. The molecule has 0 bridgehead atoms. The topological polar surface area (TPSA) is 107 Å². The van der Waals surface area contributed by atoms with Gasteiger partial charge in [-0.25, -0.2) is 9.59 Å². The van der Waals surface area contributed by atoms with Gasteiger partial charge in [-0.3, -0.25) is 9.78 Å². The van der Waals surface area contributed by atoms with E-state index in [1.54, 1.807) is 18.3 Å². The molecular formula is C26H23N3O5S. The number of alkyl carbamates (subject to hydrolysis) is 1. The Labute approximate surface area is 205 Å². The Morgan fingerprint density at radius 2 is 1.51 bits per heavy atom. The summed E-state index contributed by atoms with van der Waals surface area (Å²) in [6.45, 7) is -0.0962. The molecule has 0 aliphatic rings. The number of esters is 1. The predicted molar refractivity (Wildman–Crippen MR) is 132 cm³/mol. The molecule has 2 N–H and O–H groups in total. The molecule has 0 spiro atoms. The Bertz CT molecular complexity index is 1260. The molecule has 2 amide bonds. The van der Waals surface area contributed by atoms with Crippen molar-refractivity contribution in [1.29, 1.82) is 0 Å². The number of rotatable bonds is 9. The van der Waals surface area contributed by atoms with Crippen LogP contribution in [-0.2, 0) is 27.5 Å². The summed E-state index contributed by atoms with van der Waals surface area (Å²) < 4.78 is 11.5. The highest BCUT2D eigenvalue weighted by atomic mass is 32.1. The predicted octanol–water partition coefficient (Wildman–Crippen LogP) is 4.06. The number of hydrogen-bond acceptors (Lipinski definition) is 7. The third-order valence-corrected chi connectivity index (χ3v) is 6.08. The Kier molecular flexibility index (Phi) is 8.03. The van der Waals surface area contributed by atoms with E-state index in [0.29, 0.717) is 10.4 Å². The molecule has 0 aliphatic heterocycles. The first-order chi connectivity index (χ1) is 17.1. The number of hydrogen-bond donors (Lipinski definition) is 2. The van der Waals surface area contributed by atoms with Crippen molar-refractivity contribution in [1.82, 2.24) is 15.6 Å². The Morgan fingerprint density at radius 1 is 0.857 bits per heavy atom. The van der Waals surface area contributed by atoms with Crippen LogP contribution < -0.4 is 10.6 Å². The first kappa shape index (κ1) is 23.9. The summed E-state index contributed by atoms with van der Waals surface area (Å²) >= 11 is 1.29. The number of nitrogens with zero attached hydrogens (tertiary/aromatic N) is 1. The number of thiophene rings is 1. The number of benzene rings is 2. The lowest BCUT2D eigenvalue weighted by Gasteiger charge is -2.18. The van der Waals surface area contributed by atoms with E-state index in [2.05, 4.69) is 15.6 Å². The van der Waals surface area contributed by atoms with Crippen molar-refractivity contribution in [2.45, 2.75) is 19.3 Å². The number of fused-ring (bicyclic) bond motifs is 1. The summed E-state index contributed by atoms with van der Waals surface area (Å²) in [4.78, 5) is 42.5. The van der Waals surface area contributed by atoms with E-state index in [0.717, 1.165) is 15.8 Å². The van der Waals surface area contributed by atoms with E-state index in [1.807, 2.05) is 66.7 Å². The molecule has 2 heterocycles. The molecule has 2 aromatic heterocycles. The minimum absolute atomic E-state index is 0.0346. The van der Waals surface area contributed by atoms with Crippen molar-refractivity contribution >= 4 is 39.5 Å². The molecular weight excluding hydrogens is 466 g/mol. The summed E-state index contributed by atoms with van der Waals surface area (Å²) in [7, 11) is 0. The Balaban J connectivity index is 1.38. The molecule has 4 rings (SSSR count). The summed E-state index contributed by atoms with van der Waals surface area (Å²) in [5.74, 6) is -1.07. The van der Waals surface area contributed by atoms with Crippen molar-refractivity contribution in [3.05, 3.63) is 101 Å². The number of nitrogens with one attached hydrogen (secondary N) is 2. The summed E-state index contributed by atoms with van der Waals surface area (Å²) in [5, 5.41) is 5.19. The molecule has 4 aromatic rings. The number of ether oxygens (including phenoxy) is 2. The maximum atomic E-state index is 12.8. The van der Waals surface area contributed by atoms with Crippen LogP contribution in [0.5, 0.6) is 0 Å². The quantitative estimate of drug-likeness (QED) is 0.344. The second-order valence-corrected chi connectivity index (χ2v) is 8.64. The van der Waals surface area contributed by atoms with E-state index in [9.17, 15) is 14.4 Å². The van der Waals surface area contributed by atoms with Crippen LogP contribution in [0.1, 0.15) is 20.8 Å². The van der Waals surface area contributed by atoms with Gasteiger partial charge in [0.15, 0.2) is 0 Å². The lowest BCUT2D eigenvalue weighted by atomic mass is 10.2. The van der Waals surface area contributed by atoms with Crippen LogP contribution in [-0.4, -0.2) is 35.5 Å². The van der Waals surface area contributed by atoms with E-state index in [1.165, 1.54) is 11.3 Å². The van der Waals surface area contributed by atoms with Crippen LogP contribution in [0, 0.1) is 0 Å². The zero-order valence-electron chi connectivity index (χ0n) is 18.7. The molecule has 0 saturated heterocycles. The van der Waals surface area contributed by atoms with Gasteiger partial charge in [0, 0.05) is 12.7 Å². The van der Waals surface area contributed by atoms with Crippen molar-refractivity contribution in [3.8, 4) is 0 Å². The standard InChI is InChI=1S/C26H23N3O5S/c30-24(23-14-20-22(35-23)12-7-13-27-20)28-15-21(25(31)33-16-18-8-3-1-4-9-18)29-26(32)34-17-19-10-5-2-6-11-19/h1-14,21H,15-17H2,(H,28,30)(H,29,32)/t21-/m1/s1. The van der Waals surface area contributed by atoms with Gasteiger partial charge in [0.1, 0.15) is 19.3 Å². The minimum Gasteiger partial charge on any atom is -0.459 e. The van der Waals surface area contributed by atoms with Gasteiger partial charge in [-0.05, 0) is 29.3 Å². The number of carbonyl (C=O) groups is 3. The van der Waals surface area contributed by atoms with Crippen molar-refractivity contribution in [2.24, 2.45) is 0 Å². The molecule has 0 fully saturated rings. The van der Waals surface area contributed by atoms with Gasteiger partial charge in [-0.15, -0.1) is 11.3 Å². The molecule has 0 unspecified atom stereocenters. The van der Waals surface area contributed by atoms with Gasteiger partial charge in [0.05, 0.1) is 15.1 Å². The van der Waals surface area contributed by atoms with Crippen LogP contribution in [0.25, 0.3) is 10.2 Å². The summed E-state index contributed by atoms with van der Waals surface area (Å²) in [5.41, 5.74) is 2.31. The van der Waals surface area contributed by atoms with Gasteiger partial charge in [0.25, 0.3) is 5.91 Å². The molecule has 0 radical (unpaired) electrons. The molecule has 0 saturated carbocycles. The van der Waals surface area contributed by atoms with E-state index < -0.39 is 18.1 Å². The molecule has 178 valence electrons. The van der Waals surface area contributed by atoms with Gasteiger partial charge >= 0.3 is 12.1 Å². The highest BCUT2D eigenvalue weighted by molar-refractivity contribution is 7.20. The monoisotopic (exact) mass is 489 g/mol. The molecule has 0 aliphatic carbocycles. The molecule has 8 nitrogen and oxygen atoms in total.